The highest BCUT2D eigenvalue weighted by Crippen LogP contribution is 2.32. The highest BCUT2D eigenvalue weighted by molar-refractivity contribution is 7.21. The van der Waals surface area contributed by atoms with Crippen molar-refractivity contribution in [2.24, 2.45) is 7.05 Å². The van der Waals surface area contributed by atoms with Crippen LogP contribution in [0.4, 0.5) is 11.4 Å². The van der Waals surface area contributed by atoms with E-state index in [1.807, 2.05) is 33.3 Å². The normalized spacial score (nSPS) is 16.2. The molecule has 1 fully saturated rings. The molecule has 0 unspecified atom stereocenters. The molecule has 0 aromatic carbocycles. The van der Waals surface area contributed by atoms with E-state index in [0.717, 1.165) is 40.4 Å². The summed E-state index contributed by atoms with van der Waals surface area (Å²) < 4.78 is 3.48. The van der Waals surface area contributed by atoms with E-state index in [0.29, 0.717) is 35.2 Å². The Bertz CT molecular complexity index is 1420. The molecule has 0 radical (unpaired) electrons. The Morgan fingerprint density at radius 1 is 1.17 bits per heavy atom. The van der Waals surface area contributed by atoms with Crippen molar-refractivity contribution in [2.75, 3.05) is 23.7 Å². The summed E-state index contributed by atoms with van der Waals surface area (Å²) in [6.45, 7) is 7.20. The number of hydrogen-bond acceptors (Lipinski definition) is 7. The minimum Gasteiger partial charge on any atom is -0.324 e. The van der Waals surface area contributed by atoms with Crippen LogP contribution >= 0.6 is 11.3 Å². The second-order valence-corrected chi connectivity index (χ2v) is 10.1. The van der Waals surface area contributed by atoms with Gasteiger partial charge in [0, 0.05) is 31.0 Å². The maximum Gasteiger partial charge on any atom is 0.260 e. The predicted octanol–water partition coefficient (Wildman–Crippen LogP) is 3.48. The molecule has 35 heavy (non-hydrogen) atoms. The van der Waals surface area contributed by atoms with Crippen LogP contribution in [0, 0.1) is 13.8 Å². The molecule has 0 saturated carbocycles. The van der Waals surface area contributed by atoms with Gasteiger partial charge in [0.1, 0.15) is 4.83 Å². The highest BCUT2D eigenvalue weighted by Gasteiger charge is 2.23. The molecule has 10 nitrogen and oxygen atoms in total. The number of anilines is 2. The molecular formula is C24H28N8O2S. The van der Waals surface area contributed by atoms with Crippen molar-refractivity contribution >= 4 is 39.4 Å². The number of rotatable bonds is 6. The SMILES string of the molecule is Cc1ncc(NC(=O)CN2CCC[C@@H]2C)cc1NC(=O)c1cnn2cc(-c3cn(C)nc3C)sc12. The molecule has 2 amide bonds. The number of carbonyl (C=O) groups excluding carboxylic acids is 2. The lowest BCUT2D eigenvalue weighted by molar-refractivity contribution is -0.117. The molecule has 5 heterocycles. The van der Waals surface area contributed by atoms with Gasteiger partial charge in [0.05, 0.1) is 52.1 Å². The molecule has 2 N–H and O–H groups in total. The van der Waals surface area contributed by atoms with Gasteiger partial charge in [0.15, 0.2) is 0 Å². The van der Waals surface area contributed by atoms with Crippen molar-refractivity contribution in [3.8, 4) is 10.4 Å². The third-order valence-electron chi connectivity index (χ3n) is 6.38. The number of pyridine rings is 1. The second kappa shape index (κ2) is 9.23. The minimum absolute atomic E-state index is 0.0863. The van der Waals surface area contributed by atoms with E-state index in [9.17, 15) is 9.59 Å². The first-order chi connectivity index (χ1) is 16.8. The van der Waals surface area contributed by atoms with Gasteiger partial charge < -0.3 is 10.6 Å². The summed E-state index contributed by atoms with van der Waals surface area (Å²) in [7, 11) is 1.88. The van der Waals surface area contributed by atoms with E-state index in [-0.39, 0.29) is 11.8 Å². The first-order valence-electron chi connectivity index (χ1n) is 11.6. The standard InChI is InChI=1S/C24H28N8O2S/c1-14-6-5-7-31(14)13-22(33)27-17-8-20(16(3)25-9-17)28-23(34)18-10-26-32-12-21(35-24(18)32)19-11-30(4)29-15(19)2/h8-12,14H,5-7,13H2,1-4H3,(H,27,33)(H,28,34)/t14-/m0/s1. The van der Waals surface area contributed by atoms with Crippen LogP contribution in [-0.2, 0) is 11.8 Å². The topological polar surface area (TPSA) is 109 Å². The summed E-state index contributed by atoms with van der Waals surface area (Å²) in [4.78, 5) is 34.0. The summed E-state index contributed by atoms with van der Waals surface area (Å²) in [5.41, 5.74) is 4.16. The van der Waals surface area contributed by atoms with Crippen LogP contribution in [0.1, 0.15) is 41.5 Å². The molecule has 0 spiro atoms. The zero-order valence-corrected chi connectivity index (χ0v) is 21.0. The smallest absolute Gasteiger partial charge is 0.260 e. The van der Waals surface area contributed by atoms with E-state index in [1.54, 1.807) is 27.7 Å². The largest absolute Gasteiger partial charge is 0.324 e. The van der Waals surface area contributed by atoms with Gasteiger partial charge in [0.2, 0.25) is 5.91 Å². The fourth-order valence-electron chi connectivity index (χ4n) is 4.44. The number of likely N-dealkylation sites (tertiary alicyclic amines) is 1. The molecule has 182 valence electrons. The van der Waals surface area contributed by atoms with Gasteiger partial charge in [-0.1, -0.05) is 0 Å². The number of hydrogen-bond donors (Lipinski definition) is 2. The van der Waals surface area contributed by atoms with E-state index in [2.05, 4.69) is 37.6 Å². The Morgan fingerprint density at radius 2 is 2.00 bits per heavy atom. The lowest BCUT2D eigenvalue weighted by atomic mass is 10.2. The molecule has 1 aliphatic rings. The van der Waals surface area contributed by atoms with E-state index in [1.165, 1.54) is 11.3 Å². The summed E-state index contributed by atoms with van der Waals surface area (Å²) in [6.07, 6.45) is 9.27. The maximum absolute atomic E-state index is 13.2. The number of aromatic nitrogens is 5. The lowest BCUT2D eigenvalue weighted by Gasteiger charge is -2.20. The third kappa shape index (κ3) is 4.69. The van der Waals surface area contributed by atoms with E-state index >= 15 is 0 Å². The van der Waals surface area contributed by atoms with Gasteiger partial charge >= 0.3 is 0 Å². The average Bonchev–Trinajstić information content (AvgIpc) is 3.55. The second-order valence-electron chi connectivity index (χ2n) is 9.03. The molecule has 4 aromatic heterocycles. The highest BCUT2D eigenvalue weighted by atomic mass is 32.1. The van der Waals surface area contributed by atoms with E-state index in [4.69, 9.17) is 0 Å². The van der Waals surface area contributed by atoms with Crippen molar-refractivity contribution in [1.29, 1.82) is 0 Å². The first kappa shape index (κ1) is 23.2. The molecule has 4 aromatic rings. The lowest BCUT2D eigenvalue weighted by Crippen LogP contribution is -2.35. The molecule has 11 heteroatoms. The fraction of sp³-hybridized carbons (Fsp3) is 0.375. The quantitative estimate of drug-likeness (QED) is 0.427. The Kier molecular flexibility index (Phi) is 6.12. The van der Waals surface area contributed by atoms with Gasteiger partial charge in [-0.3, -0.25) is 24.2 Å². The van der Waals surface area contributed by atoms with Crippen LogP contribution < -0.4 is 10.6 Å². The van der Waals surface area contributed by atoms with Crippen LogP contribution in [0.25, 0.3) is 15.3 Å². The van der Waals surface area contributed by atoms with Gasteiger partial charge in [-0.25, -0.2) is 4.52 Å². The minimum atomic E-state index is -0.282. The number of nitrogens with one attached hydrogen (secondary N) is 2. The molecule has 0 aliphatic carbocycles. The molecule has 1 saturated heterocycles. The van der Waals surface area contributed by atoms with Crippen LogP contribution in [0.2, 0.25) is 0 Å². The van der Waals surface area contributed by atoms with Crippen LogP contribution in [0.3, 0.4) is 0 Å². The molecule has 0 bridgehead atoms. The van der Waals surface area contributed by atoms with Crippen molar-refractivity contribution in [1.82, 2.24) is 29.3 Å². The zero-order valence-electron chi connectivity index (χ0n) is 20.2. The Balaban J connectivity index is 1.32. The fourth-order valence-corrected chi connectivity index (χ4v) is 5.56. The third-order valence-corrected chi connectivity index (χ3v) is 7.52. The number of carbonyl (C=O) groups is 2. The maximum atomic E-state index is 13.2. The van der Waals surface area contributed by atoms with Crippen molar-refractivity contribution in [3.05, 3.63) is 47.8 Å². The average molecular weight is 493 g/mol. The van der Waals surface area contributed by atoms with Gasteiger partial charge in [-0.15, -0.1) is 11.3 Å². The van der Waals surface area contributed by atoms with Crippen molar-refractivity contribution in [3.63, 3.8) is 0 Å². The first-order valence-corrected chi connectivity index (χ1v) is 12.4. The molecule has 1 aliphatic heterocycles. The van der Waals surface area contributed by atoms with Gasteiger partial charge in [-0.2, -0.15) is 10.2 Å². The predicted molar refractivity (Wildman–Crippen MR) is 136 cm³/mol. The van der Waals surface area contributed by atoms with Crippen LogP contribution in [0.5, 0.6) is 0 Å². The van der Waals surface area contributed by atoms with Gasteiger partial charge in [-0.05, 0) is 46.2 Å². The molecule has 1 atom stereocenters. The van der Waals surface area contributed by atoms with Crippen molar-refractivity contribution in [2.45, 2.75) is 39.7 Å². The Morgan fingerprint density at radius 3 is 2.71 bits per heavy atom. The van der Waals surface area contributed by atoms with Crippen molar-refractivity contribution < 1.29 is 9.59 Å². The van der Waals surface area contributed by atoms with Crippen LogP contribution in [-0.4, -0.2) is 60.2 Å². The number of aryl methyl sites for hydroxylation is 3. The number of fused-ring (bicyclic) bond motifs is 1. The summed E-state index contributed by atoms with van der Waals surface area (Å²) in [5, 5.41) is 14.6. The Labute approximate surface area is 207 Å². The summed E-state index contributed by atoms with van der Waals surface area (Å²) >= 11 is 1.49. The Hall–Kier alpha value is -3.57. The summed E-state index contributed by atoms with van der Waals surface area (Å²) in [5.74, 6) is -0.368. The monoisotopic (exact) mass is 492 g/mol. The number of nitrogens with zero attached hydrogens (tertiary/aromatic N) is 6. The van der Waals surface area contributed by atoms with E-state index < -0.39 is 0 Å². The number of amides is 2. The molecular weight excluding hydrogens is 464 g/mol. The molecule has 5 rings (SSSR count). The van der Waals surface area contributed by atoms with Gasteiger partial charge in [0.25, 0.3) is 5.91 Å². The van der Waals surface area contributed by atoms with Crippen LogP contribution in [0.15, 0.2) is 30.9 Å². The zero-order chi connectivity index (χ0) is 24.7. The summed E-state index contributed by atoms with van der Waals surface area (Å²) in [6, 6.07) is 2.16. The number of thiazole rings is 1.